The average Bonchev–Trinajstić information content (AvgIpc) is 3.48. The first kappa shape index (κ1) is 29.9. The maximum absolute atomic E-state index is 2.54. The van der Waals surface area contributed by atoms with Gasteiger partial charge in [0.15, 0.2) is 0 Å². The highest BCUT2D eigenvalue weighted by atomic mass is 15.1. The lowest BCUT2D eigenvalue weighted by Crippen LogP contribution is -2.44. The summed E-state index contributed by atoms with van der Waals surface area (Å²) >= 11 is 0. The van der Waals surface area contributed by atoms with Gasteiger partial charge in [-0.15, -0.1) is 0 Å². The maximum atomic E-state index is 2.54. The normalized spacial score (nSPS) is 18.5. The Hall–Kier alpha value is -5.92. The van der Waals surface area contributed by atoms with Crippen LogP contribution in [0.5, 0.6) is 0 Å². The van der Waals surface area contributed by atoms with E-state index in [-0.39, 0.29) is 22.7 Å². The summed E-state index contributed by atoms with van der Waals surface area (Å²) < 4.78 is 0. The zero-order valence-electron chi connectivity index (χ0n) is 29.0. The van der Waals surface area contributed by atoms with E-state index in [1.165, 1.54) is 61.0 Å². The standard InChI is InChI=1S/C50H39N/c1-49(2)43-25-13-15-27-45(43)50(46-28-16-14-26-44(46)49)41-24-12-11-23-39(41)40-33-35(29-31-42(40)50)48-38-22-10-9-17-34(38)30-32-47(48)51(36-18-5-3-6-19-36)37-20-7-4-8-21-37/h3-33,39,41H,1-2H3. The number of para-hydroxylation sites is 2. The van der Waals surface area contributed by atoms with Crippen molar-refractivity contribution in [1.29, 1.82) is 0 Å². The molecule has 244 valence electrons. The van der Waals surface area contributed by atoms with Crippen molar-refractivity contribution in [1.82, 2.24) is 0 Å². The molecule has 0 heterocycles. The molecule has 7 aromatic carbocycles. The molecule has 3 aliphatic carbocycles. The molecule has 0 amide bonds. The minimum Gasteiger partial charge on any atom is -0.310 e. The summed E-state index contributed by atoms with van der Waals surface area (Å²) in [7, 11) is 0. The molecule has 0 radical (unpaired) electrons. The SMILES string of the molecule is CC1(C)c2ccccc2C2(c3ccc(-c4c(N(c5ccccc5)c5ccccc5)ccc5ccccc45)cc3C3C=CC=CC32)c2ccccc21. The highest BCUT2D eigenvalue weighted by Crippen LogP contribution is 2.65. The molecule has 0 saturated carbocycles. The molecule has 0 aliphatic heterocycles. The predicted molar refractivity (Wildman–Crippen MR) is 213 cm³/mol. The Bertz CT molecular complexity index is 2430. The van der Waals surface area contributed by atoms with Gasteiger partial charge in [-0.1, -0.05) is 172 Å². The number of benzene rings is 7. The van der Waals surface area contributed by atoms with Gasteiger partial charge < -0.3 is 4.90 Å². The van der Waals surface area contributed by atoms with Gasteiger partial charge in [0.1, 0.15) is 0 Å². The fraction of sp³-hybridized carbons (Fsp3) is 0.120. The molecule has 3 aliphatic rings. The van der Waals surface area contributed by atoms with E-state index in [2.05, 4.69) is 207 Å². The van der Waals surface area contributed by atoms with Crippen LogP contribution in [0, 0.1) is 5.92 Å². The Labute approximate surface area is 300 Å². The topological polar surface area (TPSA) is 3.24 Å². The second kappa shape index (κ2) is 11.3. The predicted octanol–water partition coefficient (Wildman–Crippen LogP) is 12.8. The molecule has 0 bridgehead atoms. The second-order valence-electron chi connectivity index (χ2n) is 14.8. The Morgan fingerprint density at radius 3 is 1.73 bits per heavy atom. The van der Waals surface area contributed by atoms with E-state index >= 15 is 0 Å². The minimum atomic E-state index is -0.288. The Morgan fingerprint density at radius 1 is 0.490 bits per heavy atom. The Balaban J connectivity index is 1.27. The molecule has 51 heavy (non-hydrogen) atoms. The number of rotatable bonds is 4. The van der Waals surface area contributed by atoms with E-state index < -0.39 is 0 Å². The van der Waals surface area contributed by atoms with Crippen molar-refractivity contribution in [3.63, 3.8) is 0 Å². The summed E-state index contributed by atoms with van der Waals surface area (Å²) in [6.45, 7) is 4.80. The lowest BCUT2D eigenvalue weighted by molar-refractivity contribution is 0.420. The lowest BCUT2D eigenvalue weighted by Gasteiger charge is -2.49. The zero-order valence-corrected chi connectivity index (χ0v) is 29.0. The largest absolute Gasteiger partial charge is 0.310 e. The van der Waals surface area contributed by atoms with Crippen LogP contribution in [0.3, 0.4) is 0 Å². The van der Waals surface area contributed by atoms with E-state index in [1.807, 2.05) is 0 Å². The second-order valence-corrected chi connectivity index (χ2v) is 14.8. The Morgan fingerprint density at radius 2 is 1.06 bits per heavy atom. The van der Waals surface area contributed by atoms with Crippen molar-refractivity contribution in [3.8, 4) is 11.1 Å². The van der Waals surface area contributed by atoms with Crippen LogP contribution in [0.1, 0.15) is 53.1 Å². The molecule has 2 atom stereocenters. The highest BCUT2D eigenvalue weighted by Gasteiger charge is 2.57. The molecule has 10 rings (SSSR count). The molecule has 0 N–H and O–H groups in total. The minimum absolute atomic E-state index is 0.0962. The number of nitrogens with zero attached hydrogens (tertiary/aromatic N) is 1. The zero-order chi connectivity index (χ0) is 34.2. The van der Waals surface area contributed by atoms with E-state index in [0.29, 0.717) is 0 Å². The first-order valence-corrected chi connectivity index (χ1v) is 18.2. The third-order valence-corrected chi connectivity index (χ3v) is 12.0. The van der Waals surface area contributed by atoms with Crippen molar-refractivity contribution in [3.05, 3.63) is 221 Å². The summed E-state index contributed by atoms with van der Waals surface area (Å²) in [6, 6.07) is 61.0. The third kappa shape index (κ3) is 4.22. The molecule has 1 heteroatoms. The van der Waals surface area contributed by atoms with Crippen LogP contribution in [0.2, 0.25) is 0 Å². The molecule has 1 nitrogen and oxygen atoms in total. The summed E-state index contributed by atoms with van der Waals surface area (Å²) in [5.74, 6) is 0.522. The highest BCUT2D eigenvalue weighted by molar-refractivity contribution is 6.05. The number of fused-ring (bicyclic) bond motifs is 10. The van der Waals surface area contributed by atoms with Crippen LogP contribution >= 0.6 is 0 Å². The summed E-state index contributed by atoms with van der Waals surface area (Å²) in [5.41, 5.74) is 14.2. The van der Waals surface area contributed by atoms with E-state index in [9.17, 15) is 0 Å². The van der Waals surface area contributed by atoms with Gasteiger partial charge in [0.25, 0.3) is 0 Å². The smallest absolute Gasteiger partial charge is 0.0546 e. The fourth-order valence-corrected chi connectivity index (χ4v) is 9.87. The van der Waals surface area contributed by atoms with Crippen LogP contribution < -0.4 is 4.90 Å². The van der Waals surface area contributed by atoms with Gasteiger partial charge in [-0.05, 0) is 80.0 Å². The maximum Gasteiger partial charge on any atom is 0.0546 e. The molecular weight excluding hydrogens is 615 g/mol. The van der Waals surface area contributed by atoms with Crippen LogP contribution in [-0.4, -0.2) is 0 Å². The summed E-state index contributed by atoms with van der Waals surface area (Å²) in [4.78, 5) is 2.41. The molecule has 7 aromatic rings. The molecule has 2 unspecified atom stereocenters. The van der Waals surface area contributed by atoms with Crippen LogP contribution in [0.4, 0.5) is 17.1 Å². The first-order chi connectivity index (χ1) is 25.1. The van der Waals surface area contributed by atoms with Crippen molar-refractivity contribution < 1.29 is 0 Å². The third-order valence-electron chi connectivity index (χ3n) is 12.0. The van der Waals surface area contributed by atoms with Crippen molar-refractivity contribution in [2.45, 2.75) is 30.6 Å². The molecule has 1 spiro atoms. The summed E-state index contributed by atoms with van der Waals surface area (Å²) in [6.07, 6.45) is 9.49. The van der Waals surface area contributed by atoms with E-state index in [0.717, 1.165) is 11.4 Å². The van der Waals surface area contributed by atoms with Gasteiger partial charge in [-0.2, -0.15) is 0 Å². The van der Waals surface area contributed by atoms with E-state index in [1.54, 1.807) is 0 Å². The van der Waals surface area contributed by atoms with Gasteiger partial charge in [0, 0.05) is 34.2 Å². The van der Waals surface area contributed by atoms with Crippen molar-refractivity contribution in [2.75, 3.05) is 4.90 Å². The van der Waals surface area contributed by atoms with Gasteiger partial charge in [0.2, 0.25) is 0 Å². The van der Waals surface area contributed by atoms with E-state index in [4.69, 9.17) is 0 Å². The summed E-state index contributed by atoms with van der Waals surface area (Å²) in [5, 5.41) is 2.50. The van der Waals surface area contributed by atoms with Gasteiger partial charge in [-0.3, -0.25) is 0 Å². The lowest BCUT2D eigenvalue weighted by atomic mass is 9.53. The number of hydrogen-bond acceptors (Lipinski definition) is 1. The van der Waals surface area contributed by atoms with Gasteiger partial charge in [0.05, 0.1) is 11.1 Å². The monoisotopic (exact) mass is 653 g/mol. The number of hydrogen-bond donors (Lipinski definition) is 0. The van der Waals surface area contributed by atoms with Gasteiger partial charge in [-0.25, -0.2) is 0 Å². The molecule has 0 saturated heterocycles. The van der Waals surface area contributed by atoms with Gasteiger partial charge >= 0.3 is 0 Å². The van der Waals surface area contributed by atoms with Crippen LogP contribution in [0.25, 0.3) is 21.9 Å². The fourth-order valence-electron chi connectivity index (χ4n) is 9.87. The molecule has 0 fully saturated rings. The average molecular weight is 654 g/mol. The van der Waals surface area contributed by atoms with Crippen LogP contribution in [-0.2, 0) is 10.8 Å². The number of allylic oxidation sites excluding steroid dienone is 4. The quantitative estimate of drug-likeness (QED) is 0.183. The van der Waals surface area contributed by atoms with Crippen LogP contribution in [0.15, 0.2) is 188 Å². The first-order valence-electron chi connectivity index (χ1n) is 18.2. The molecule has 0 aromatic heterocycles. The number of anilines is 3. The van der Waals surface area contributed by atoms with Crippen molar-refractivity contribution >= 4 is 27.8 Å². The Kier molecular flexibility index (Phi) is 6.64. The molecular formula is C50H39N. The van der Waals surface area contributed by atoms with Crippen molar-refractivity contribution in [2.24, 2.45) is 5.92 Å².